The van der Waals surface area contributed by atoms with Crippen LogP contribution in [0, 0.1) is 17.6 Å². The summed E-state index contributed by atoms with van der Waals surface area (Å²) in [6.45, 7) is 5.88. The highest BCUT2D eigenvalue weighted by molar-refractivity contribution is 8.00. The van der Waals surface area contributed by atoms with Crippen molar-refractivity contribution in [3.05, 3.63) is 35.4 Å². The fourth-order valence-corrected chi connectivity index (χ4v) is 4.73. The maximum absolute atomic E-state index is 14.4. The molecule has 3 rings (SSSR count). The third-order valence-corrected chi connectivity index (χ3v) is 5.98. The number of rotatable bonds is 5. The topological polar surface area (TPSA) is 49.9 Å². The molecule has 0 N–H and O–H groups in total. The van der Waals surface area contributed by atoms with E-state index in [4.69, 9.17) is 4.74 Å². The van der Waals surface area contributed by atoms with Crippen molar-refractivity contribution in [2.24, 2.45) is 5.92 Å². The summed E-state index contributed by atoms with van der Waals surface area (Å²) in [6.07, 6.45) is 0.488. The highest BCUT2D eigenvalue weighted by atomic mass is 32.2. The van der Waals surface area contributed by atoms with Crippen molar-refractivity contribution in [1.29, 1.82) is 0 Å². The summed E-state index contributed by atoms with van der Waals surface area (Å²) in [6, 6.07) is 2.69. The fraction of sp³-hybridized carbons (Fsp3) is 0.579. The lowest BCUT2D eigenvalue weighted by Gasteiger charge is -2.37. The predicted molar refractivity (Wildman–Crippen MR) is 99.0 cm³/mol. The third-order valence-electron chi connectivity index (χ3n) is 4.77. The van der Waals surface area contributed by atoms with Crippen LogP contribution in [0.5, 0.6) is 0 Å². The van der Waals surface area contributed by atoms with Gasteiger partial charge in [-0.25, -0.2) is 8.78 Å². The summed E-state index contributed by atoms with van der Waals surface area (Å²) in [5.74, 6) is -1.34. The number of hydrogen-bond donors (Lipinski definition) is 0. The molecule has 27 heavy (non-hydrogen) atoms. The zero-order chi connectivity index (χ0) is 19.6. The van der Waals surface area contributed by atoms with Crippen LogP contribution in [0.2, 0.25) is 0 Å². The maximum atomic E-state index is 14.4. The van der Waals surface area contributed by atoms with Gasteiger partial charge in [0.2, 0.25) is 11.8 Å². The second-order valence-corrected chi connectivity index (χ2v) is 8.28. The Labute approximate surface area is 162 Å². The van der Waals surface area contributed by atoms with Gasteiger partial charge in [-0.2, -0.15) is 0 Å². The molecule has 8 heteroatoms. The van der Waals surface area contributed by atoms with Crippen molar-refractivity contribution < 1.29 is 23.1 Å². The average molecular weight is 398 g/mol. The number of hydrogen-bond acceptors (Lipinski definition) is 4. The van der Waals surface area contributed by atoms with Gasteiger partial charge in [0.25, 0.3) is 0 Å². The number of carbonyl (C=O) groups is 2. The van der Waals surface area contributed by atoms with E-state index < -0.39 is 23.1 Å². The van der Waals surface area contributed by atoms with Crippen molar-refractivity contribution in [2.45, 2.75) is 31.7 Å². The molecule has 148 valence electrons. The van der Waals surface area contributed by atoms with Crippen LogP contribution in [0.25, 0.3) is 0 Å². The molecule has 2 heterocycles. The first-order valence-electron chi connectivity index (χ1n) is 9.12. The van der Waals surface area contributed by atoms with Gasteiger partial charge in [0, 0.05) is 24.7 Å². The molecule has 0 radical (unpaired) electrons. The number of morpholine rings is 1. The minimum atomic E-state index is -0.700. The van der Waals surface area contributed by atoms with Gasteiger partial charge in [0.1, 0.15) is 23.1 Å². The normalized spacial score (nSPS) is 21.8. The van der Waals surface area contributed by atoms with Gasteiger partial charge >= 0.3 is 0 Å². The molecular formula is C19H24F2N2O3S. The fourth-order valence-electron chi connectivity index (χ4n) is 3.49. The zero-order valence-corrected chi connectivity index (χ0v) is 16.3. The number of halogens is 2. The second kappa shape index (κ2) is 8.56. The van der Waals surface area contributed by atoms with Gasteiger partial charge in [-0.15, -0.1) is 11.8 Å². The summed E-state index contributed by atoms with van der Waals surface area (Å²) in [5.41, 5.74) is 0.232. The quantitative estimate of drug-likeness (QED) is 0.765. The minimum absolute atomic E-state index is 0.129. The molecule has 0 spiro atoms. The number of nitrogens with zero attached hydrogens (tertiary/aromatic N) is 2. The lowest BCUT2D eigenvalue weighted by atomic mass is 9.99. The van der Waals surface area contributed by atoms with Gasteiger partial charge in [-0.05, 0) is 18.4 Å². The second-order valence-electron chi connectivity index (χ2n) is 7.21. The van der Waals surface area contributed by atoms with Crippen molar-refractivity contribution in [1.82, 2.24) is 9.80 Å². The Balaban J connectivity index is 1.92. The molecule has 2 amide bonds. The molecule has 0 unspecified atom stereocenters. The summed E-state index contributed by atoms with van der Waals surface area (Å²) >= 11 is 1.27. The van der Waals surface area contributed by atoms with Crippen LogP contribution in [-0.4, -0.2) is 59.7 Å². The molecule has 1 aromatic carbocycles. The molecule has 1 aromatic rings. The predicted octanol–water partition coefficient (Wildman–Crippen LogP) is 2.81. The van der Waals surface area contributed by atoms with Crippen LogP contribution in [-0.2, 0) is 14.3 Å². The van der Waals surface area contributed by atoms with E-state index in [1.807, 2.05) is 13.8 Å². The highest BCUT2D eigenvalue weighted by Gasteiger charge is 2.43. The Morgan fingerprint density at radius 3 is 2.63 bits per heavy atom. The maximum Gasteiger partial charge on any atom is 0.245 e. The molecule has 2 atom stereocenters. The van der Waals surface area contributed by atoms with Crippen LogP contribution in [0.3, 0.4) is 0 Å². The highest BCUT2D eigenvalue weighted by Crippen LogP contribution is 2.42. The number of ether oxygens (including phenoxy) is 1. The van der Waals surface area contributed by atoms with Crippen LogP contribution >= 0.6 is 11.8 Å². The first kappa shape index (κ1) is 20.1. The molecular weight excluding hydrogens is 374 g/mol. The molecule has 2 aliphatic heterocycles. The van der Waals surface area contributed by atoms with Gasteiger partial charge < -0.3 is 14.5 Å². The first-order chi connectivity index (χ1) is 12.9. The molecule has 0 aliphatic carbocycles. The van der Waals surface area contributed by atoms with E-state index in [-0.39, 0.29) is 29.0 Å². The molecule has 5 nitrogen and oxygen atoms in total. The first-order valence-corrected chi connectivity index (χ1v) is 10.2. The third kappa shape index (κ3) is 4.43. The van der Waals surface area contributed by atoms with Gasteiger partial charge in [0.05, 0.1) is 19.0 Å². The van der Waals surface area contributed by atoms with E-state index in [1.165, 1.54) is 28.8 Å². The Kier molecular flexibility index (Phi) is 6.37. The largest absolute Gasteiger partial charge is 0.378 e. The lowest BCUT2D eigenvalue weighted by Crippen LogP contribution is -2.53. The number of benzene rings is 1. The van der Waals surface area contributed by atoms with Crippen LogP contribution in [0.1, 0.15) is 31.2 Å². The number of thioether (sulfide) groups is 1. The Bertz CT molecular complexity index is 710. The van der Waals surface area contributed by atoms with E-state index in [1.54, 1.807) is 4.90 Å². The zero-order valence-electron chi connectivity index (χ0n) is 15.5. The van der Waals surface area contributed by atoms with Crippen LogP contribution in [0.15, 0.2) is 18.2 Å². The van der Waals surface area contributed by atoms with E-state index in [2.05, 4.69) is 0 Å². The van der Waals surface area contributed by atoms with Gasteiger partial charge in [-0.3, -0.25) is 9.59 Å². The molecule has 0 bridgehead atoms. The van der Waals surface area contributed by atoms with Gasteiger partial charge in [0.15, 0.2) is 0 Å². The summed E-state index contributed by atoms with van der Waals surface area (Å²) in [7, 11) is 0. The standard InChI is InChI=1S/C19H24F2N2O3S/c1-12(2)9-16(18(25)22-5-7-26-8-6-22)23-17(24)11-27-19(23)14-4-3-13(20)10-15(14)21/h3-4,10,12,16,19H,5-9,11H2,1-2H3/t16-,19-/m1/s1. The van der Waals surface area contributed by atoms with Crippen molar-refractivity contribution in [3.8, 4) is 0 Å². The molecule has 0 saturated carbocycles. The monoisotopic (exact) mass is 398 g/mol. The van der Waals surface area contributed by atoms with Crippen LogP contribution < -0.4 is 0 Å². The lowest BCUT2D eigenvalue weighted by molar-refractivity contribution is -0.148. The Morgan fingerprint density at radius 1 is 1.30 bits per heavy atom. The summed E-state index contributed by atoms with van der Waals surface area (Å²) in [4.78, 5) is 29.1. The smallest absolute Gasteiger partial charge is 0.245 e. The van der Waals surface area contributed by atoms with E-state index in [0.29, 0.717) is 32.7 Å². The minimum Gasteiger partial charge on any atom is -0.378 e. The van der Waals surface area contributed by atoms with E-state index >= 15 is 0 Å². The summed E-state index contributed by atoms with van der Waals surface area (Å²) in [5, 5.41) is -0.633. The van der Waals surface area contributed by atoms with E-state index in [9.17, 15) is 18.4 Å². The van der Waals surface area contributed by atoms with Crippen molar-refractivity contribution in [2.75, 3.05) is 32.1 Å². The molecule has 2 saturated heterocycles. The van der Waals surface area contributed by atoms with Crippen molar-refractivity contribution >= 4 is 23.6 Å². The molecule has 2 fully saturated rings. The number of amides is 2. The Hall–Kier alpha value is -1.67. The molecule has 0 aromatic heterocycles. The summed E-state index contributed by atoms with van der Waals surface area (Å²) < 4.78 is 33.0. The van der Waals surface area contributed by atoms with E-state index in [0.717, 1.165) is 6.07 Å². The van der Waals surface area contributed by atoms with Crippen LogP contribution in [0.4, 0.5) is 8.78 Å². The SMILES string of the molecule is CC(C)C[C@H](C(=O)N1CCOCC1)N1C(=O)CS[C@@H]1c1ccc(F)cc1F. The average Bonchev–Trinajstić information content (AvgIpc) is 3.01. The molecule has 2 aliphatic rings. The number of carbonyl (C=O) groups excluding carboxylic acids is 2. The van der Waals surface area contributed by atoms with Crippen molar-refractivity contribution in [3.63, 3.8) is 0 Å². The Morgan fingerprint density at radius 2 is 2.00 bits per heavy atom. The van der Waals surface area contributed by atoms with Gasteiger partial charge in [-0.1, -0.05) is 19.9 Å².